The van der Waals surface area contributed by atoms with Crippen LogP contribution in [0.3, 0.4) is 0 Å². The molecule has 10 nitrogen and oxygen atoms in total. The van der Waals surface area contributed by atoms with Crippen LogP contribution in [-0.4, -0.2) is 89.2 Å². The number of benzene rings is 1. The summed E-state index contributed by atoms with van der Waals surface area (Å²) in [5, 5.41) is 3.47. The van der Waals surface area contributed by atoms with Gasteiger partial charge in [0.25, 0.3) is 5.91 Å². The van der Waals surface area contributed by atoms with E-state index in [2.05, 4.69) is 15.3 Å². The van der Waals surface area contributed by atoms with Crippen LogP contribution in [0.5, 0.6) is 0 Å². The highest BCUT2D eigenvalue weighted by Gasteiger charge is 2.52. The molecule has 0 radical (unpaired) electrons. The number of aromatic nitrogens is 2. The average Bonchev–Trinajstić information content (AvgIpc) is 2.95. The van der Waals surface area contributed by atoms with Gasteiger partial charge in [0.2, 0.25) is 0 Å². The second-order valence-corrected chi connectivity index (χ2v) is 12.8. The quantitative estimate of drug-likeness (QED) is 0.391. The number of piperazine rings is 1. The molecule has 3 amide bonds. The summed E-state index contributed by atoms with van der Waals surface area (Å²) >= 11 is 0. The number of hydrogen-bond acceptors (Lipinski definition) is 7. The van der Waals surface area contributed by atoms with E-state index in [0.29, 0.717) is 31.2 Å². The molecule has 1 aromatic heterocycles. The Morgan fingerprint density at radius 3 is 2.26 bits per heavy atom. The van der Waals surface area contributed by atoms with E-state index in [9.17, 15) is 14.4 Å². The van der Waals surface area contributed by atoms with Crippen LogP contribution in [0.1, 0.15) is 72.0 Å². The SMILES string of the molecule is COCCOC(=O)c1c(C)nc(-c2ccccc2)nc1C(=O)N1CCN(C(=O)NC23CC4CC(CC(C4)C2)C3)C(C)C1. The third-order valence-electron chi connectivity index (χ3n) is 9.64. The van der Waals surface area contributed by atoms with Crippen LogP contribution < -0.4 is 5.32 Å². The van der Waals surface area contributed by atoms with Gasteiger partial charge in [-0.05, 0) is 70.1 Å². The second kappa shape index (κ2) is 11.6. The highest BCUT2D eigenvalue weighted by molar-refractivity contribution is 6.05. The van der Waals surface area contributed by atoms with Crippen molar-refractivity contribution in [3.8, 4) is 11.4 Å². The molecule has 1 unspecified atom stereocenters. The molecule has 2 heterocycles. The van der Waals surface area contributed by atoms with Gasteiger partial charge in [-0.15, -0.1) is 0 Å². The molecule has 5 aliphatic rings. The maximum Gasteiger partial charge on any atom is 0.342 e. The van der Waals surface area contributed by atoms with E-state index in [-0.39, 0.29) is 48.0 Å². The number of carbonyl (C=O) groups is 3. The van der Waals surface area contributed by atoms with Crippen molar-refractivity contribution < 1.29 is 23.9 Å². The largest absolute Gasteiger partial charge is 0.460 e. The Morgan fingerprint density at radius 1 is 0.976 bits per heavy atom. The first-order valence-electron chi connectivity index (χ1n) is 15.2. The first kappa shape index (κ1) is 28.6. The zero-order valence-corrected chi connectivity index (χ0v) is 24.8. The molecule has 7 rings (SSSR count). The van der Waals surface area contributed by atoms with Crippen molar-refractivity contribution in [1.82, 2.24) is 25.1 Å². The minimum Gasteiger partial charge on any atom is -0.460 e. The molecule has 2 aromatic rings. The molecule has 10 heteroatoms. The number of esters is 1. The number of nitrogens with zero attached hydrogens (tertiary/aromatic N) is 4. The van der Waals surface area contributed by atoms with Gasteiger partial charge in [-0.25, -0.2) is 19.6 Å². The summed E-state index contributed by atoms with van der Waals surface area (Å²) in [5.74, 6) is 1.58. The number of methoxy groups -OCH3 is 1. The summed E-state index contributed by atoms with van der Waals surface area (Å²) in [6, 6.07) is 9.15. The zero-order valence-electron chi connectivity index (χ0n) is 24.8. The van der Waals surface area contributed by atoms with Gasteiger partial charge >= 0.3 is 12.0 Å². The molecule has 1 N–H and O–H groups in total. The number of ether oxygens (including phenoxy) is 2. The van der Waals surface area contributed by atoms with Crippen LogP contribution in [0.25, 0.3) is 11.4 Å². The van der Waals surface area contributed by atoms with E-state index in [4.69, 9.17) is 9.47 Å². The van der Waals surface area contributed by atoms with Crippen molar-refractivity contribution in [3.05, 3.63) is 47.3 Å². The lowest BCUT2D eigenvalue weighted by molar-refractivity contribution is -0.0176. The van der Waals surface area contributed by atoms with Crippen molar-refractivity contribution in [1.29, 1.82) is 0 Å². The normalized spacial score (nSPS) is 28.1. The van der Waals surface area contributed by atoms with Gasteiger partial charge in [0.15, 0.2) is 5.82 Å². The zero-order chi connectivity index (χ0) is 29.4. The monoisotopic (exact) mass is 575 g/mol. The summed E-state index contributed by atoms with van der Waals surface area (Å²) in [7, 11) is 1.52. The predicted molar refractivity (Wildman–Crippen MR) is 156 cm³/mol. The molecule has 5 fully saturated rings. The van der Waals surface area contributed by atoms with Gasteiger partial charge in [0.1, 0.15) is 17.9 Å². The fourth-order valence-corrected chi connectivity index (χ4v) is 8.13. The Bertz CT molecular complexity index is 1310. The Hall–Kier alpha value is -3.53. The lowest BCUT2D eigenvalue weighted by Gasteiger charge is -2.57. The van der Waals surface area contributed by atoms with E-state index in [1.807, 2.05) is 42.2 Å². The first-order valence-corrected chi connectivity index (χ1v) is 15.2. The first-order chi connectivity index (χ1) is 20.2. The lowest BCUT2D eigenvalue weighted by atomic mass is 9.53. The second-order valence-electron chi connectivity index (χ2n) is 12.8. The minimum atomic E-state index is -0.658. The molecule has 0 spiro atoms. The van der Waals surface area contributed by atoms with Crippen LogP contribution in [0.4, 0.5) is 4.79 Å². The summed E-state index contributed by atoms with van der Waals surface area (Å²) in [5.41, 5.74) is 1.13. The van der Waals surface area contributed by atoms with Crippen LogP contribution >= 0.6 is 0 Å². The molecule has 4 aliphatic carbocycles. The fourth-order valence-electron chi connectivity index (χ4n) is 8.13. The Labute approximate surface area is 247 Å². The van der Waals surface area contributed by atoms with Crippen molar-refractivity contribution in [2.45, 2.75) is 64.0 Å². The number of urea groups is 1. The number of rotatable bonds is 7. The molecule has 1 aromatic carbocycles. The van der Waals surface area contributed by atoms with Crippen LogP contribution in [0.15, 0.2) is 30.3 Å². The molecule has 4 saturated carbocycles. The van der Waals surface area contributed by atoms with Crippen molar-refractivity contribution >= 4 is 17.9 Å². The van der Waals surface area contributed by atoms with E-state index in [0.717, 1.165) is 42.6 Å². The smallest absolute Gasteiger partial charge is 0.342 e. The van der Waals surface area contributed by atoms with Crippen molar-refractivity contribution in [3.63, 3.8) is 0 Å². The number of nitrogens with one attached hydrogen (secondary N) is 1. The maximum atomic E-state index is 14.0. The number of carbonyl (C=O) groups excluding carboxylic acids is 3. The van der Waals surface area contributed by atoms with Crippen LogP contribution in [0.2, 0.25) is 0 Å². The molecular formula is C32H41N5O5. The summed E-state index contributed by atoms with van der Waals surface area (Å²) in [4.78, 5) is 53.4. The Morgan fingerprint density at radius 2 is 1.64 bits per heavy atom. The number of aryl methyl sites for hydroxylation is 1. The predicted octanol–water partition coefficient (Wildman–Crippen LogP) is 4.08. The highest BCUT2D eigenvalue weighted by atomic mass is 16.6. The number of hydrogen-bond donors (Lipinski definition) is 1. The molecule has 224 valence electrons. The van der Waals surface area contributed by atoms with E-state index in [1.54, 1.807) is 11.8 Å². The van der Waals surface area contributed by atoms with Crippen LogP contribution in [0, 0.1) is 24.7 Å². The molecule has 4 bridgehead atoms. The Balaban J connectivity index is 1.19. The minimum absolute atomic E-state index is 0.0161. The van der Waals surface area contributed by atoms with Gasteiger partial charge in [-0.2, -0.15) is 0 Å². The van der Waals surface area contributed by atoms with E-state index >= 15 is 0 Å². The third kappa shape index (κ3) is 5.61. The molecule has 1 atom stereocenters. The lowest BCUT2D eigenvalue weighted by Crippen LogP contribution is -2.65. The third-order valence-corrected chi connectivity index (χ3v) is 9.64. The standard InChI is InChI=1S/C32H41N5O5/c1-20-19-36(9-10-37(20)31(40)35-32-16-22-13-23(17-32)15-24(14-22)18-32)29(38)27-26(30(39)42-12-11-41-3)21(2)33-28(34-27)25-7-5-4-6-8-25/h4-8,20,22-24H,9-19H2,1-3H3,(H,35,40). The molecular weight excluding hydrogens is 534 g/mol. The van der Waals surface area contributed by atoms with Gasteiger partial charge < -0.3 is 24.6 Å². The van der Waals surface area contributed by atoms with Gasteiger partial charge in [0.05, 0.1) is 12.3 Å². The van der Waals surface area contributed by atoms with Crippen LogP contribution in [-0.2, 0) is 9.47 Å². The van der Waals surface area contributed by atoms with Crippen molar-refractivity contribution in [2.24, 2.45) is 17.8 Å². The fraction of sp³-hybridized carbons (Fsp3) is 0.594. The van der Waals surface area contributed by atoms with E-state index < -0.39 is 5.97 Å². The summed E-state index contributed by atoms with van der Waals surface area (Å²) in [6.07, 6.45) is 7.25. The van der Waals surface area contributed by atoms with Gasteiger partial charge in [-0.1, -0.05) is 30.3 Å². The summed E-state index contributed by atoms with van der Waals surface area (Å²) in [6.45, 7) is 5.05. The maximum absolute atomic E-state index is 14.0. The van der Waals surface area contributed by atoms with Crippen molar-refractivity contribution in [2.75, 3.05) is 40.0 Å². The van der Waals surface area contributed by atoms with Gasteiger partial charge in [-0.3, -0.25) is 4.79 Å². The molecule has 1 aliphatic heterocycles. The van der Waals surface area contributed by atoms with E-state index in [1.165, 1.54) is 26.4 Å². The number of amides is 3. The Kier molecular flexibility index (Phi) is 7.91. The average molecular weight is 576 g/mol. The molecule has 1 saturated heterocycles. The topological polar surface area (TPSA) is 114 Å². The summed E-state index contributed by atoms with van der Waals surface area (Å²) < 4.78 is 10.4. The molecule has 42 heavy (non-hydrogen) atoms. The highest BCUT2D eigenvalue weighted by Crippen LogP contribution is 2.55. The van der Waals surface area contributed by atoms with Gasteiger partial charge in [0, 0.05) is 43.9 Å².